The fourth-order valence-electron chi connectivity index (χ4n) is 1.34. The first-order chi connectivity index (χ1) is 8.17. The number of aromatic nitrogens is 1. The monoisotopic (exact) mass is 236 g/mol. The molecule has 1 rings (SSSR count). The average molecular weight is 236 g/mol. The van der Waals surface area contributed by atoms with Gasteiger partial charge in [-0.1, -0.05) is 0 Å². The van der Waals surface area contributed by atoms with Gasteiger partial charge in [-0.05, 0) is 12.5 Å². The van der Waals surface area contributed by atoms with Crippen molar-refractivity contribution in [3.63, 3.8) is 0 Å². The quantitative estimate of drug-likeness (QED) is 0.658. The van der Waals surface area contributed by atoms with E-state index in [0.717, 1.165) is 0 Å². The van der Waals surface area contributed by atoms with Crippen molar-refractivity contribution >= 4 is 11.5 Å². The average Bonchev–Trinajstić information content (AvgIpc) is 2.31. The van der Waals surface area contributed by atoms with Crippen molar-refractivity contribution in [2.75, 3.05) is 31.3 Å². The van der Waals surface area contributed by atoms with E-state index < -0.39 is 6.10 Å². The van der Waals surface area contributed by atoms with Gasteiger partial charge < -0.3 is 20.9 Å². The molecule has 1 aromatic rings. The maximum atomic E-state index is 9.43. The van der Waals surface area contributed by atoms with Gasteiger partial charge in [0, 0.05) is 13.7 Å². The first kappa shape index (κ1) is 13.2. The van der Waals surface area contributed by atoms with Gasteiger partial charge in [0.25, 0.3) is 0 Å². The van der Waals surface area contributed by atoms with Crippen LogP contribution in [0.5, 0.6) is 0 Å². The van der Waals surface area contributed by atoms with E-state index in [1.165, 1.54) is 13.3 Å². The second kappa shape index (κ2) is 6.68. The molecule has 92 valence electrons. The van der Waals surface area contributed by atoms with Crippen LogP contribution in [0.15, 0.2) is 12.3 Å². The minimum atomic E-state index is -0.521. The van der Waals surface area contributed by atoms with Crippen molar-refractivity contribution in [3.8, 4) is 6.07 Å². The molecule has 1 unspecified atom stereocenters. The maximum Gasteiger partial charge on any atom is 0.144 e. The van der Waals surface area contributed by atoms with Gasteiger partial charge in [-0.3, -0.25) is 0 Å². The van der Waals surface area contributed by atoms with Crippen LogP contribution in [0.25, 0.3) is 0 Å². The first-order valence-corrected chi connectivity index (χ1v) is 5.24. The summed E-state index contributed by atoms with van der Waals surface area (Å²) in [5.74, 6) is 0.478. The lowest BCUT2D eigenvalue weighted by Gasteiger charge is -2.11. The maximum absolute atomic E-state index is 9.43. The molecule has 0 aliphatic carbocycles. The fourth-order valence-corrected chi connectivity index (χ4v) is 1.34. The number of aliphatic hydroxyl groups is 1. The molecule has 1 atom stereocenters. The van der Waals surface area contributed by atoms with Crippen LogP contribution in [-0.4, -0.2) is 36.5 Å². The van der Waals surface area contributed by atoms with E-state index in [4.69, 9.17) is 15.7 Å². The van der Waals surface area contributed by atoms with E-state index in [0.29, 0.717) is 36.6 Å². The Morgan fingerprint density at radius 3 is 3.12 bits per heavy atom. The fraction of sp³-hybridized carbons (Fsp3) is 0.455. The number of pyridine rings is 1. The zero-order valence-electron chi connectivity index (χ0n) is 9.68. The summed E-state index contributed by atoms with van der Waals surface area (Å²) in [6.07, 6.45) is 1.48. The minimum Gasteiger partial charge on any atom is -0.397 e. The lowest BCUT2D eigenvalue weighted by molar-refractivity contribution is 0.0615. The Labute approximate surface area is 100 Å². The minimum absolute atomic E-state index is 0.294. The van der Waals surface area contributed by atoms with Gasteiger partial charge in [-0.2, -0.15) is 5.26 Å². The highest BCUT2D eigenvalue weighted by molar-refractivity contribution is 5.57. The van der Waals surface area contributed by atoms with Crippen molar-refractivity contribution < 1.29 is 9.84 Å². The number of anilines is 2. The normalized spacial score (nSPS) is 11.8. The molecule has 6 nitrogen and oxygen atoms in total. The van der Waals surface area contributed by atoms with E-state index in [9.17, 15) is 5.11 Å². The van der Waals surface area contributed by atoms with Gasteiger partial charge in [-0.25, -0.2) is 4.98 Å². The molecule has 4 N–H and O–H groups in total. The Kier molecular flexibility index (Phi) is 5.20. The molecular weight excluding hydrogens is 220 g/mol. The van der Waals surface area contributed by atoms with Gasteiger partial charge in [0.15, 0.2) is 0 Å². The predicted molar refractivity (Wildman–Crippen MR) is 64.4 cm³/mol. The van der Waals surface area contributed by atoms with Gasteiger partial charge in [0.05, 0.1) is 30.2 Å². The molecular formula is C11H16N4O2. The van der Waals surface area contributed by atoms with E-state index in [1.807, 2.05) is 6.07 Å². The van der Waals surface area contributed by atoms with Crippen molar-refractivity contribution in [1.29, 1.82) is 5.26 Å². The standard InChI is InChI=1S/C11H16N4O2/c1-17-7-10(16)2-3-14-11-8(5-12)4-9(13)6-15-11/h4,6,10,16H,2-3,7,13H2,1H3,(H,14,15). The number of rotatable bonds is 6. The molecule has 0 radical (unpaired) electrons. The van der Waals surface area contributed by atoms with E-state index in [-0.39, 0.29) is 0 Å². The number of nitrogen functional groups attached to an aromatic ring is 1. The summed E-state index contributed by atoms with van der Waals surface area (Å²) in [4.78, 5) is 4.02. The molecule has 0 spiro atoms. The van der Waals surface area contributed by atoms with Crippen LogP contribution < -0.4 is 11.1 Å². The lowest BCUT2D eigenvalue weighted by atomic mass is 10.2. The Morgan fingerprint density at radius 1 is 1.71 bits per heavy atom. The predicted octanol–water partition coefficient (Wildman–Crippen LogP) is 0.345. The molecule has 0 aliphatic heterocycles. The third-order valence-electron chi connectivity index (χ3n) is 2.16. The number of nitrogens with one attached hydrogen (secondary N) is 1. The van der Waals surface area contributed by atoms with Crippen LogP contribution in [-0.2, 0) is 4.74 Å². The number of methoxy groups -OCH3 is 1. The number of aliphatic hydroxyl groups excluding tert-OH is 1. The molecule has 1 aromatic heterocycles. The summed E-state index contributed by atoms with van der Waals surface area (Å²) in [5, 5.41) is 21.3. The number of ether oxygens (including phenoxy) is 1. The first-order valence-electron chi connectivity index (χ1n) is 5.24. The smallest absolute Gasteiger partial charge is 0.144 e. The Hall–Kier alpha value is -1.84. The molecule has 0 aromatic carbocycles. The van der Waals surface area contributed by atoms with E-state index >= 15 is 0 Å². The topological polar surface area (TPSA) is 104 Å². The molecule has 0 bridgehead atoms. The molecule has 0 aliphatic rings. The Morgan fingerprint density at radius 2 is 2.47 bits per heavy atom. The van der Waals surface area contributed by atoms with Crippen LogP contribution >= 0.6 is 0 Å². The lowest BCUT2D eigenvalue weighted by Crippen LogP contribution is -2.19. The number of hydrogen-bond acceptors (Lipinski definition) is 6. The van der Waals surface area contributed by atoms with Crippen molar-refractivity contribution in [3.05, 3.63) is 17.8 Å². The highest BCUT2D eigenvalue weighted by atomic mass is 16.5. The summed E-state index contributed by atoms with van der Waals surface area (Å²) >= 11 is 0. The number of nitrogens with zero attached hydrogens (tertiary/aromatic N) is 2. The highest BCUT2D eigenvalue weighted by Crippen LogP contribution is 2.14. The van der Waals surface area contributed by atoms with E-state index in [1.54, 1.807) is 6.07 Å². The summed E-state index contributed by atoms with van der Waals surface area (Å²) in [7, 11) is 1.53. The summed E-state index contributed by atoms with van der Waals surface area (Å²) in [6, 6.07) is 3.56. The van der Waals surface area contributed by atoms with Crippen LogP contribution in [0.1, 0.15) is 12.0 Å². The van der Waals surface area contributed by atoms with Crippen LogP contribution in [0.3, 0.4) is 0 Å². The van der Waals surface area contributed by atoms with Gasteiger partial charge >= 0.3 is 0 Å². The molecule has 0 saturated carbocycles. The van der Waals surface area contributed by atoms with Crippen molar-refractivity contribution in [2.24, 2.45) is 0 Å². The largest absolute Gasteiger partial charge is 0.397 e. The second-order valence-electron chi connectivity index (χ2n) is 3.60. The molecule has 6 heteroatoms. The second-order valence-corrected chi connectivity index (χ2v) is 3.60. The van der Waals surface area contributed by atoms with Crippen LogP contribution in [0.4, 0.5) is 11.5 Å². The zero-order valence-corrected chi connectivity index (χ0v) is 9.68. The summed E-state index contributed by atoms with van der Waals surface area (Å²) in [6.45, 7) is 0.804. The van der Waals surface area contributed by atoms with Gasteiger partial charge in [0.1, 0.15) is 11.9 Å². The van der Waals surface area contributed by atoms with Gasteiger partial charge in [-0.15, -0.1) is 0 Å². The molecule has 17 heavy (non-hydrogen) atoms. The Balaban J connectivity index is 2.50. The third kappa shape index (κ3) is 4.26. The highest BCUT2D eigenvalue weighted by Gasteiger charge is 2.06. The van der Waals surface area contributed by atoms with E-state index in [2.05, 4.69) is 10.3 Å². The summed E-state index contributed by atoms with van der Waals surface area (Å²) in [5.41, 5.74) is 6.37. The molecule has 1 heterocycles. The number of nitrogens with two attached hydrogens (primary N) is 1. The molecule has 0 amide bonds. The zero-order chi connectivity index (χ0) is 12.7. The molecule has 0 fully saturated rings. The number of nitriles is 1. The third-order valence-corrected chi connectivity index (χ3v) is 2.16. The summed E-state index contributed by atoms with van der Waals surface area (Å²) < 4.78 is 4.80. The number of hydrogen-bond donors (Lipinski definition) is 3. The van der Waals surface area contributed by atoms with Crippen LogP contribution in [0, 0.1) is 11.3 Å². The van der Waals surface area contributed by atoms with Gasteiger partial charge in [0.2, 0.25) is 0 Å². The van der Waals surface area contributed by atoms with Crippen molar-refractivity contribution in [1.82, 2.24) is 4.98 Å². The Bertz CT molecular complexity index is 403. The van der Waals surface area contributed by atoms with Crippen LogP contribution in [0.2, 0.25) is 0 Å². The SMILES string of the molecule is COCC(O)CCNc1ncc(N)cc1C#N. The molecule has 0 saturated heterocycles. The van der Waals surface area contributed by atoms with Crippen molar-refractivity contribution in [2.45, 2.75) is 12.5 Å².